The molecule has 0 fully saturated rings. The molecule has 1 aliphatic rings. The predicted molar refractivity (Wildman–Crippen MR) is 116 cm³/mol. The van der Waals surface area contributed by atoms with Crippen molar-refractivity contribution in [3.63, 3.8) is 0 Å². The number of hydrogen-bond acceptors (Lipinski definition) is 5. The maximum atomic E-state index is 13.1. The molecule has 0 saturated carbocycles. The highest BCUT2D eigenvalue weighted by Gasteiger charge is 2.19. The first-order valence-electron chi connectivity index (χ1n) is 9.96. The summed E-state index contributed by atoms with van der Waals surface area (Å²) >= 11 is 6.38. The summed E-state index contributed by atoms with van der Waals surface area (Å²) in [6, 6.07) is 13.1. The van der Waals surface area contributed by atoms with E-state index in [-0.39, 0.29) is 12.3 Å². The van der Waals surface area contributed by atoms with Crippen LogP contribution in [0, 0.1) is 11.3 Å². The Bertz CT molecular complexity index is 923. The van der Waals surface area contributed by atoms with Gasteiger partial charge in [0.25, 0.3) is 0 Å². The van der Waals surface area contributed by atoms with E-state index in [4.69, 9.17) is 26.3 Å². The van der Waals surface area contributed by atoms with Crippen molar-refractivity contribution in [2.75, 3.05) is 40.4 Å². The van der Waals surface area contributed by atoms with Crippen molar-refractivity contribution in [2.24, 2.45) is 0 Å². The van der Waals surface area contributed by atoms with Crippen LogP contribution in [0.4, 0.5) is 0 Å². The molecule has 6 nitrogen and oxygen atoms in total. The Morgan fingerprint density at radius 1 is 1.10 bits per heavy atom. The number of halogens is 1. The summed E-state index contributed by atoms with van der Waals surface area (Å²) in [6.07, 6.45) is 1.02. The van der Waals surface area contributed by atoms with E-state index in [1.807, 2.05) is 42.1 Å². The minimum Gasteiger partial charge on any atom is -0.489 e. The van der Waals surface area contributed by atoms with Crippen LogP contribution in [0.2, 0.25) is 5.02 Å². The highest BCUT2D eigenvalue weighted by molar-refractivity contribution is 6.32. The average Bonchev–Trinajstić information content (AvgIpc) is 2.97. The summed E-state index contributed by atoms with van der Waals surface area (Å²) in [6.45, 7) is 2.97. The molecule has 0 saturated heterocycles. The molecule has 0 aromatic heterocycles. The smallest absolute Gasteiger partial charge is 0.227 e. The topological polar surface area (TPSA) is 65.8 Å². The number of nitrogens with zero attached hydrogens (tertiary/aromatic N) is 3. The Morgan fingerprint density at radius 3 is 2.53 bits per heavy atom. The molecule has 0 bridgehead atoms. The molecule has 0 radical (unpaired) electrons. The van der Waals surface area contributed by atoms with Gasteiger partial charge in [0, 0.05) is 26.1 Å². The molecule has 0 spiro atoms. The first kappa shape index (κ1) is 21.9. The van der Waals surface area contributed by atoms with Gasteiger partial charge in [-0.15, -0.1) is 0 Å². The van der Waals surface area contributed by atoms with Crippen molar-refractivity contribution in [1.29, 1.82) is 5.26 Å². The Kier molecular flexibility index (Phi) is 7.56. The molecule has 1 heterocycles. The van der Waals surface area contributed by atoms with Gasteiger partial charge >= 0.3 is 0 Å². The zero-order valence-electron chi connectivity index (χ0n) is 17.4. The summed E-state index contributed by atoms with van der Waals surface area (Å²) in [5.41, 5.74) is 2.38. The van der Waals surface area contributed by atoms with Gasteiger partial charge in [0.1, 0.15) is 0 Å². The van der Waals surface area contributed by atoms with Crippen LogP contribution < -0.4 is 9.47 Å². The lowest BCUT2D eigenvalue weighted by atomic mass is 10.1. The largest absolute Gasteiger partial charge is 0.489 e. The van der Waals surface area contributed by atoms with Gasteiger partial charge in [-0.1, -0.05) is 23.7 Å². The van der Waals surface area contributed by atoms with E-state index in [1.54, 1.807) is 18.2 Å². The lowest BCUT2D eigenvalue weighted by molar-refractivity contribution is -0.131. The molecule has 0 N–H and O–H groups in total. The van der Waals surface area contributed by atoms with Crippen molar-refractivity contribution in [3.8, 4) is 17.6 Å². The van der Waals surface area contributed by atoms with E-state index in [0.717, 1.165) is 24.1 Å². The number of benzene rings is 2. The Hall–Kier alpha value is -2.75. The molecule has 1 amide bonds. The van der Waals surface area contributed by atoms with E-state index < -0.39 is 0 Å². The first-order chi connectivity index (χ1) is 14.5. The Labute approximate surface area is 182 Å². The number of carbonyl (C=O) groups excluding carboxylic acids is 1. The number of amides is 1. The number of nitriles is 1. The van der Waals surface area contributed by atoms with E-state index in [1.165, 1.54) is 0 Å². The standard InChI is InChI=1S/C23H26ClN3O3/c1-26(2)8-9-27(16-18-6-4-17(15-25)5-7-18)22(28)14-19-12-20(24)23-21(13-19)29-10-3-11-30-23/h4-7,12-13H,3,8-11,14,16H2,1-2H3. The molecule has 0 aliphatic carbocycles. The van der Waals surface area contributed by atoms with Crippen LogP contribution >= 0.6 is 11.6 Å². The number of ether oxygens (including phenoxy) is 2. The third-order valence-electron chi connectivity index (χ3n) is 4.84. The third kappa shape index (κ3) is 5.88. The quantitative estimate of drug-likeness (QED) is 0.676. The molecule has 30 heavy (non-hydrogen) atoms. The van der Waals surface area contributed by atoms with Crippen LogP contribution in [-0.2, 0) is 17.8 Å². The summed E-state index contributed by atoms with van der Waals surface area (Å²) < 4.78 is 11.4. The van der Waals surface area contributed by atoms with Gasteiger partial charge in [-0.05, 0) is 49.5 Å². The Morgan fingerprint density at radius 2 is 1.83 bits per heavy atom. The van der Waals surface area contributed by atoms with Crippen molar-refractivity contribution < 1.29 is 14.3 Å². The average molecular weight is 428 g/mol. The van der Waals surface area contributed by atoms with Crippen molar-refractivity contribution in [2.45, 2.75) is 19.4 Å². The summed E-state index contributed by atoms with van der Waals surface area (Å²) in [5, 5.41) is 9.44. The fourth-order valence-corrected chi connectivity index (χ4v) is 3.48. The lowest BCUT2D eigenvalue weighted by Crippen LogP contribution is -2.37. The molecular formula is C23H26ClN3O3. The van der Waals surface area contributed by atoms with Gasteiger partial charge in [-0.2, -0.15) is 5.26 Å². The summed E-state index contributed by atoms with van der Waals surface area (Å²) in [7, 11) is 3.96. The zero-order chi connectivity index (χ0) is 21.5. The maximum Gasteiger partial charge on any atom is 0.227 e. The van der Waals surface area contributed by atoms with Crippen LogP contribution in [0.5, 0.6) is 11.5 Å². The second-order valence-corrected chi connectivity index (χ2v) is 7.97. The lowest BCUT2D eigenvalue weighted by Gasteiger charge is -2.25. The number of rotatable bonds is 7. The van der Waals surface area contributed by atoms with Crippen molar-refractivity contribution >= 4 is 17.5 Å². The van der Waals surface area contributed by atoms with Gasteiger partial charge in [-0.25, -0.2) is 0 Å². The third-order valence-corrected chi connectivity index (χ3v) is 5.12. The SMILES string of the molecule is CN(C)CCN(Cc1ccc(C#N)cc1)C(=O)Cc1cc(Cl)c2c(c1)OCCCO2. The molecule has 1 aliphatic heterocycles. The minimum atomic E-state index is 0.00627. The maximum absolute atomic E-state index is 13.1. The fraction of sp³-hybridized carbons (Fsp3) is 0.391. The molecule has 0 atom stereocenters. The van der Waals surface area contributed by atoms with Gasteiger partial charge < -0.3 is 19.3 Å². The van der Waals surface area contributed by atoms with E-state index in [9.17, 15) is 4.79 Å². The van der Waals surface area contributed by atoms with E-state index >= 15 is 0 Å². The van der Waals surface area contributed by atoms with Crippen LogP contribution in [0.1, 0.15) is 23.1 Å². The number of carbonyl (C=O) groups is 1. The van der Waals surface area contributed by atoms with Gasteiger partial charge in [0.05, 0.1) is 36.3 Å². The molecule has 7 heteroatoms. The number of fused-ring (bicyclic) bond motifs is 1. The molecule has 158 valence electrons. The Balaban J connectivity index is 1.76. The van der Waals surface area contributed by atoms with E-state index in [0.29, 0.717) is 48.4 Å². The predicted octanol–water partition coefficient (Wildman–Crippen LogP) is 3.51. The normalized spacial score (nSPS) is 12.9. The minimum absolute atomic E-state index is 0.00627. The van der Waals surface area contributed by atoms with E-state index in [2.05, 4.69) is 6.07 Å². The highest BCUT2D eigenvalue weighted by atomic mass is 35.5. The first-order valence-corrected chi connectivity index (χ1v) is 10.3. The fourth-order valence-electron chi connectivity index (χ4n) is 3.19. The monoisotopic (exact) mass is 427 g/mol. The molecule has 2 aromatic carbocycles. The molecule has 2 aromatic rings. The molecule has 3 rings (SSSR count). The highest BCUT2D eigenvalue weighted by Crippen LogP contribution is 2.38. The summed E-state index contributed by atoms with van der Waals surface area (Å²) in [5.74, 6) is 1.15. The van der Waals surface area contributed by atoms with Crippen LogP contribution in [0.15, 0.2) is 36.4 Å². The van der Waals surface area contributed by atoms with Gasteiger partial charge in [-0.3, -0.25) is 4.79 Å². The molecular weight excluding hydrogens is 402 g/mol. The van der Waals surface area contributed by atoms with Crippen molar-refractivity contribution in [3.05, 3.63) is 58.1 Å². The molecule has 0 unspecified atom stereocenters. The van der Waals surface area contributed by atoms with Crippen LogP contribution in [0.3, 0.4) is 0 Å². The zero-order valence-corrected chi connectivity index (χ0v) is 18.1. The van der Waals surface area contributed by atoms with Crippen molar-refractivity contribution in [1.82, 2.24) is 9.80 Å². The van der Waals surface area contributed by atoms with Gasteiger partial charge in [0.15, 0.2) is 11.5 Å². The second kappa shape index (κ2) is 10.3. The van der Waals surface area contributed by atoms with Gasteiger partial charge in [0.2, 0.25) is 5.91 Å². The number of hydrogen-bond donors (Lipinski definition) is 0. The van der Waals surface area contributed by atoms with Crippen LogP contribution in [-0.4, -0.2) is 56.1 Å². The second-order valence-electron chi connectivity index (χ2n) is 7.56. The number of likely N-dealkylation sites (N-methyl/N-ethyl adjacent to an activating group) is 1. The summed E-state index contributed by atoms with van der Waals surface area (Å²) in [4.78, 5) is 17.0. The van der Waals surface area contributed by atoms with Crippen LogP contribution in [0.25, 0.3) is 0 Å².